The summed E-state index contributed by atoms with van der Waals surface area (Å²) in [7, 11) is -3.58. The summed E-state index contributed by atoms with van der Waals surface area (Å²) in [6, 6.07) is 13.1. The first-order chi connectivity index (χ1) is 14.2. The van der Waals surface area contributed by atoms with Gasteiger partial charge >= 0.3 is 0 Å². The third-order valence-corrected chi connectivity index (χ3v) is 7.74. The zero-order valence-electron chi connectivity index (χ0n) is 17.6. The molecule has 6 nitrogen and oxygen atoms in total. The minimum atomic E-state index is -3.58. The number of nitrogens with one attached hydrogen (secondary N) is 1. The number of amides is 1. The van der Waals surface area contributed by atoms with Crippen LogP contribution in [0.4, 0.5) is 5.69 Å². The monoisotopic (exact) mass is 425 g/mol. The molecule has 0 radical (unpaired) electrons. The largest absolute Gasteiger partial charge is 0.326 e. The highest BCUT2D eigenvalue weighted by Crippen LogP contribution is 2.29. The zero-order chi connectivity index (χ0) is 21.9. The number of carbonyl (C=O) groups excluding carboxylic acids is 1. The topological polar surface area (TPSA) is 90.3 Å². The van der Waals surface area contributed by atoms with E-state index in [4.69, 9.17) is 5.26 Å². The van der Waals surface area contributed by atoms with E-state index in [1.165, 1.54) is 4.31 Å². The molecule has 1 aliphatic rings. The number of anilines is 1. The number of nitrogens with zero attached hydrogens (tertiary/aromatic N) is 2. The summed E-state index contributed by atoms with van der Waals surface area (Å²) in [4.78, 5) is 13.0. The summed E-state index contributed by atoms with van der Waals surface area (Å²) in [5, 5.41) is 11.6. The van der Waals surface area contributed by atoms with Gasteiger partial charge in [0, 0.05) is 24.7 Å². The standard InChI is InChI=1S/C23H27N3O3S/c1-16-14-17(2)22(18(3)15-16)30(28,29)26-12-9-20(10-13-26)23(27)25-21-6-4-19(5-7-21)8-11-24/h4-7,14-15,20H,8-10,12-13H2,1-3H3,(H,25,27). The number of hydrogen-bond donors (Lipinski definition) is 1. The van der Waals surface area contributed by atoms with E-state index in [1.54, 1.807) is 12.1 Å². The van der Waals surface area contributed by atoms with Crippen LogP contribution >= 0.6 is 0 Å². The number of hydrogen-bond acceptors (Lipinski definition) is 4. The minimum absolute atomic E-state index is 0.0946. The Hall–Kier alpha value is -2.69. The first-order valence-corrected chi connectivity index (χ1v) is 11.5. The van der Waals surface area contributed by atoms with Crippen LogP contribution in [0, 0.1) is 38.0 Å². The molecule has 1 N–H and O–H groups in total. The Bertz CT molecular complexity index is 1050. The average molecular weight is 426 g/mol. The smallest absolute Gasteiger partial charge is 0.243 e. The quantitative estimate of drug-likeness (QED) is 0.790. The molecule has 7 heteroatoms. The third-order valence-electron chi connectivity index (χ3n) is 5.53. The second-order valence-electron chi connectivity index (χ2n) is 7.93. The predicted octanol–water partition coefficient (Wildman–Crippen LogP) is 3.72. The van der Waals surface area contributed by atoms with E-state index < -0.39 is 10.0 Å². The van der Waals surface area contributed by atoms with Crippen molar-refractivity contribution >= 4 is 21.6 Å². The van der Waals surface area contributed by atoms with Crippen LogP contribution in [0.3, 0.4) is 0 Å². The highest BCUT2D eigenvalue weighted by Gasteiger charge is 2.33. The van der Waals surface area contributed by atoms with E-state index >= 15 is 0 Å². The van der Waals surface area contributed by atoms with Crippen molar-refractivity contribution in [3.8, 4) is 6.07 Å². The van der Waals surface area contributed by atoms with Crippen molar-refractivity contribution in [3.63, 3.8) is 0 Å². The molecule has 0 bridgehead atoms. The first-order valence-electron chi connectivity index (χ1n) is 10.1. The Kier molecular flexibility index (Phi) is 6.59. The van der Waals surface area contributed by atoms with Crippen molar-refractivity contribution in [3.05, 3.63) is 58.7 Å². The second-order valence-corrected chi connectivity index (χ2v) is 9.80. The lowest BCUT2D eigenvalue weighted by atomic mass is 9.97. The number of nitriles is 1. The first kappa shape index (κ1) is 22.0. The number of rotatable bonds is 5. The molecule has 1 fully saturated rings. The summed E-state index contributed by atoms with van der Waals surface area (Å²) >= 11 is 0. The number of benzene rings is 2. The molecule has 1 amide bonds. The van der Waals surface area contributed by atoms with Gasteiger partial charge in [-0.25, -0.2) is 8.42 Å². The van der Waals surface area contributed by atoms with Crippen LogP contribution < -0.4 is 5.32 Å². The van der Waals surface area contributed by atoms with Gasteiger partial charge < -0.3 is 5.32 Å². The summed E-state index contributed by atoms with van der Waals surface area (Å²) in [6.45, 7) is 6.27. The van der Waals surface area contributed by atoms with Gasteiger partial charge in [-0.05, 0) is 62.4 Å². The lowest BCUT2D eigenvalue weighted by Crippen LogP contribution is -2.41. The Morgan fingerprint density at radius 3 is 2.20 bits per heavy atom. The molecule has 2 aromatic carbocycles. The fraction of sp³-hybridized carbons (Fsp3) is 0.391. The van der Waals surface area contributed by atoms with Crippen molar-refractivity contribution < 1.29 is 13.2 Å². The maximum Gasteiger partial charge on any atom is 0.243 e. The molecule has 3 rings (SSSR count). The van der Waals surface area contributed by atoms with Crippen LogP contribution in [0.15, 0.2) is 41.3 Å². The minimum Gasteiger partial charge on any atom is -0.326 e. The Balaban J connectivity index is 1.64. The molecule has 0 saturated carbocycles. The van der Waals surface area contributed by atoms with Crippen LogP contribution in [0.1, 0.15) is 35.1 Å². The zero-order valence-corrected chi connectivity index (χ0v) is 18.4. The van der Waals surface area contributed by atoms with Gasteiger partial charge in [-0.1, -0.05) is 29.8 Å². The summed E-state index contributed by atoms with van der Waals surface area (Å²) in [6.07, 6.45) is 1.31. The Labute approximate surface area is 178 Å². The van der Waals surface area contributed by atoms with Gasteiger partial charge in [0.25, 0.3) is 0 Å². The molecular weight excluding hydrogens is 398 g/mol. The van der Waals surface area contributed by atoms with E-state index in [0.717, 1.165) is 22.3 Å². The molecule has 0 atom stereocenters. The summed E-state index contributed by atoms with van der Waals surface area (Å²) in [5.41, 5.74) is 4.14. The maximum absolute atomic E-state index is 13.2. The van der Waals surface area contributed by atoms with Gasteiger partial charge in [0.2, 0.25) is 15.9 Å². The molecule has 30 heavy (non-hydrogen) atoms. The Morgan fingerprint density at radius 1 is 1.10 bits per heavy atom. The molecule has 2 aromatic rings. The van der Waals surface area contributed by atoms with Crippen molar-refractivity contribution in [1.29, 1.82) is 5.26 Å². The fourth-order valence-corrected chi connectivity index (χ4v) is 5.98. The van der Waals surface area contributed by atoms with E-state index in [9.17, 15) is 13.2 Å². The summed E-state index contributed by atoms with van der Waals surface area (Å²) < 4.78 is 27.9. The molecule has 1 aliphatic heterocycles. The van der Waals surface area contributed by atoms with Gasteiger partial charge in [0.1, 0.15) is 0 Å². The second kappa shape index (κ2) is 8.99. The molecule has 1 saturated heterocycles. The predicted molar refractivity (Wildman–Crippen MR) is 117 cm³/mol. The van der Waals surface area contributed by atoms with Gasteiger partial charge in [-0.2, -0.15) is 9.57 Å². The van der Waals surface area contributed by atoms with Crippen LogP contribution in [0.5, 0.6) is 0 Å². The lowest BCUT2D eigenvalue weighted by molar-refractivity contribution is -0.120. The SMILES string of the molecule is Cc1cc(C)c(S(=O)(=O)N2CCC(C(=O)Nc3ccc(CC#N)cc3)CC2)c(C)c1. The molecule has 0 spiro atoms. The van der Waals surface area contributed by atoms with Crippen LogP contribution in [0.25, 0.3) is 0 Å². The van der Waals surface area contributed by atoms with E-state index in [-0.39, 0.29) is 11.8 Å². The number of sulfonamides is 1. The normalized spacial score (nSPS) is 15.5. The summed E-state index contributed by atoms with van der Waals surface area (Å²) in [5.74, 6) is -0.321. The van der Waals surface area contributed by atoms with Gasteiger partial charge in [-0.3, -0.25) is 4.79 Å². The maximum atomic E-state index is 13.2. The molecule has 0 aromatic heterocycles. The van der Waals surface area contributed by atoms with Crippen LogP contribution in [-0.2, 0) is 21.2 Å². The van der Waals surface area contributed by atoms with Crippen LogP contribution in [0.2, 0.25) is 0 Å². The molecule has 1 heterocycles. The van der Waals surface area contributed by atoms with Crippen molar-refractivity contribution in [1.82, 2.24) is 4.31 Å². The Morgan fingerprint density at radius 2 is 1.67 bits per heavy atom. The highest BCUT2D eigenvalue weighted by molar-refractivity contribution is 7.89. The van der Waals surface area contributed by atoms with Gasteiger partial charge in [0.15, 0.2) is 0 Å². The number of piperidine rings is 1. The number of carbonyl (C=O) groups is 1. The third kappa shape index (κ3) is 4.72. The van der Waals surface area contributed by atoms with Gasteiger partial charge in [-0.15, -0.1) is 0 Å². The van der Waals surface area contributed by atoms with E-state index in [2.05, 4.69) is 11.4 Å². The lowest BCUT2D eigenvalue weighted by Gasteiger charge is -2.31. The highest BCUT2D eigenvalue weighted by atomic mass is 32.2. The van der Waals surface area contributed by atoms with Gasteiger partial charge in [0.05, 0.1) is 17.4 Å². The average Bonchev–Trinajstić information content (AvgIpc) is 2.69. The molecule has 0 unspecified atom stereocenters. The van der Waals surface area contributed by atoms with Crippen LogP contribution in [-0.4, -0.2) is 31.7 Å². The number of aryl methyl sites for hydroxylation is 3. The van der Waals surface area contributed by atoms with Crippen molar-refractivity contribution in [2.75, 3.05) is 18.4 Å². The molecule has 0 aliphatic carbocycles. The molecular formula is C23H27N3O3S. The van der Waals surface area contributed by atoms with Crippen molar-refractivity contribution in [2.24, 2.45) is 5.92 Å². The van der Waals surface area contributed by atoms with Crippen molar-refractivity contribution in [2.45, 2.75) is 44.9 Å². The fourth-order valence-electron chi connectivity index (χ4n) is 4.10. The van der Waals surface area contributed by atoms with E-state index in [1.807, 2.05) is 45.0 Å². The molecule has 158 valence electrons. The van der Waals surface area contributed by atoms with E-state index in [0.29, 0.717) is 42.9 Å².